The Hall–Kier alpha value is -1.30. The van der Waals surface area contributed by atoms with E-state index in [9.17, 15) is 9.90 Å². The summed E-state index contributed by atoms with van der Waals surface area (Å²) >= 11 is 0. The van der Waals surface area contributed by atoms with E-state index < -0.39 is 0 Å². The molecule has 1 aliphatic carbocycles. The molecule has 2 aliphatic rings. The van der Waals surface area contributed by atoms with Crippen molar-refractivity contribution in [2.75, 3.05) is 18.4 Å². The molecule has 2 atom stereocenters. The number of rotatable bonds is 6. The van der Waals surface area contributed by atoms with Crippen LogP contribution >= 0.6 is 12.4 Å². The maximum absolute atomic E-state index is 12.1. The van der Waals surface area contributed by atoms with Gasteiger partial charge in [0.05, 0.1) is 6.10 Å². The fraction of sp³-hybridized carbons (Fsp3) is 0.650. The van der Waals surface area contributed by atoms with Gasteiger partial charge in [-0.1, -0.05) is 6.42 Å². The van der Waals surface area contributed by atoms with Gasteiger partial charge in [-0.05, 0) is 81.8 Å². The van der Waals surface area contributed by atoms with Crippen molar-refractivity contribution in [1.82, 2.24) is 5.32 Å². The standard InChI is InChI=1S/C20H30N2O3.ClH/c23-18-3-1-2-4-19(18)25-17-8-6-16(7-9-17)22-20(24)10-5-15-11-13-21-14-12-15;/h6-9,15,18-19,21,23H,1-5,10-14H2,(H,22,24);1H. The van der Waals surface area contributed by atoms with Crippen LogP contribution in [0.4, 0.5) is 5.69 Å². The molecule has 0 aromatic heterocycles. The van der Waals surface area contributed by atoms with E-state index in [2.05, 4.69) is 10.6 Å². The molecule has 3 rings (SSSR count). The Balaban J connectivity index is 0.00000243. The summed E-state index contributed by atoms with van der Waals surface area (Å²) in [5, 5.41) is 16.3. The molecule has 1 saturated heterocycles. The van der Waals surface area contributed by atoms with E-state index in [-0.39, 0.29) is 30.5 Å². The lowest BCUT2D eigenvalue weighted by atomic mass is 9.93. The topological polar surface area (TPSA) is 70.6 Å². The Labute approximate surface area is 162 Å². The van der Waals surface area contributed by atoms with E-state index in [0.717, 1.165) is 56.6 Å². The van der Waals surface area contributed by atoms with Gasteiger partial charge in [-0.15, -0.1) is 12.4 Å². The number of hydrogen-bond donors (Lipinski definition) is 3. The summed E-state index contributed by atoms with van der Waals surface area (Å²) in [6.45, 7) is 2.15. The van der Waals surface area contributed by atoms with Gasteiger partial charge in [-0.3, -0.25) is 4.79 Å². The van der Waals surface area contributed by atoms with Crippen LogP contribution in [0.15, 0.2) is 24.3 Å². The van der Waals surface area contributed by atoms with E-state index in [4.69, 9.17) is 4.74 Å². The van der Waals surface area contributed by atoms with Gasteiger partial charge in [0.15, 0.2) is 0 Å². The normalized spacial score (nSPS) is 23.7. The van der Waals surface area contributed by atoms with Gasteiger partial charge >= 0.3 is 0 Å². The molecule has 0 bridgehead atoms. The van der Waals surface area contributed by atoms with Crippen molar-refractivity contribution >= 4 is 24.0 Å². The molecule has 6 heteroatoms. The molecule has 26 heavy (non-hydrogen) atoms. The average Bonchev–Trinajstić information content (AvgIpc) is 2.64. The molecule has 3 N–H and O–H groups in total. The number of carbonyl (C=O) groups excluding carboxylic acids is 1. The average molecular weight is 383 g/mol. The first-order chi connectivity index (χ1) is 12.2. The third kappa shape index (κ3) is 6.45. The van der Waals surface area contributed by atoms with Crippen LogP contribution in [0.2, 0.25) is 0 Å². The van der Waals surface area contributed by atoms with Crippen molar-refractivity contribution in [3.05, 3.63) is 24.3 Å². The number of anilines is 1. The molecule has 2 unspecified atom stereocenters. The molecule has 1 amide bonds. The largest absolute Gasteiger partial charge is 0.488 e. The molecule has 0 spiro atoms. The SMILES string of the molecule is Cl.O=C(CCC1CCNCC1)Nc1ccc(OC2CCCCC2O)cc1. The number of hydrogen-bond acceptors (Lipinski definition) is 4. The highest BCUT2D eigenvalue weighted by atomic mass is 35.5. The minimum Gasteiger partial charge on any atom is -0.488 e. The number of piperidine rings is 1. The third-order valence-corrected chi connectivity index (χ3v) is 5.33. The van der Waals surface area contributed by atoms with E-state index >= 15 is 0 Å². The molecule has 1 aromatic carbocycles. The van der Waals surface area contributed by atoms with Gasteiger partial charge in [0, 0.05) is 12.1 Å². The lowest BCUT2D eigenvalue weighted by Crippen LogP contribution is -2.34. The molecule has 2 fully saturated rings. The number of aliphatic hydroxyl groups is 1. The van der Waals surface area contributed by atoms with Crippen molar-refractivity contribution in [3.8, 4) is 5.75 Å². The maximum atomic E-state index is 12.1. The zero-order chi connectivity index (χ0) is 17.5. The minimum absolute atomic E-state index is 0. The Morgan fingerprint density at radius 2 is 1.81 bits per heavy atom. The van der Waals surface area contributed by atoms with Crippen LogP contribution < -0.4 is 15.4 Å². The molecule has 0 radical (unpaired) electrons. The van der Waals surface area contributed by atoms with E-state index in [0.29, 0.717) is 12.3 Å². The lowest BCUT2D eigenvalue weighted by molar-refractivity contribution is -0.116. The molecule has 1 aromatic rings. The summed E-state index contributed by atoms with van der Waals surface area (Å²) in [6.07, 6.45) is 7.30. The third-order valence-electron chi connectivity index (χ3n) is 5.33. The smallest absolute Gasteiger partial charge is 0.224 e. The fourth-order valence-corrected chi connectivity index (χ4v) is 3.74. The van der Waals surface area contributed by atoms with Gasteiger partial charge in [-0.2, -0.15) is 0 Å². The number of benzene rings is 1. The maximum Gasteiger partial charge on any atom is 0.224 e. The van der Waals surface area contributed by atoms with Crippen LogP contribution in [0.3, 0.4) is 0 Å². The van der Waals surface area contributed by atoms with Crippen LogP contribution in [-0.4, -0.2) is 36.3 Å². The highest BCUT2D eigenvalue weighted by Crippen LogP contribution is 2.25. The van der Waals surface area contributed by atoms with Crippen LogP contribution in [0.5, 0.6) is 5.75 Å². The fourth-order valence-electron chi connectivity index (χ4n) is 3.74. The summed E-state index contributed by atoms with van der Waals surface area (Å²) in [5.74, 6) is 1.50. The Morgan fingerprint density at radius 3 is 2.50 bits per heavy atom. The summed E-state index contributed by atoms with van der Waals surface area (Å²) in [6, 6.07) is 7.47. The number of halogens is 1. The second-order valence-corrected chi connectivity index (χ2v) is 7.31. The van der Waals surface area contributed by atoms with Gasteiger partial charge in [0.2, 0.25) is 5.91 Å². The second kappa shape index (κ2) is 10.8. The predicted octanol–water partition coefficient (Wildman–Crippen LogP) is 3.51. The van der Waals surface area contributed by atoms with Crippen LogP contribution in [0, 0.1) is 5.92 Å². The molecule has 1 heterocycles. The van der Waals surface area contributed by atoms with Crippen LogP contribution in [-0.2, 0) is 4.79 Å². The van der Waals surface area contributed by atoms with E-state index in [1.807, 2.05) is 24.3 Å². The van der Waals surface area contributed by atoms with Crippen LogP contribution in [0.1, 0.15) is 51.4 Å². The zero-order valence-corrected chi connectivity index (χ0v) is 16.1. The summed E-state index contributed by atoms with van der Waals surface area (Å²) < 4.78 is 5.89. The second-order valence-electron chi connectivity index (χ2n) is 7.31. The number of nitrogens with one attached hydrogen (secondary N) is 2. The molecule has 146 valence electrons. The van der Waals surface area contributed by atoms with Gasteiger partial charge in [0.1, 0.15) is 11.9 Å². The number of carbonyl (C=O) groups is 1. The number of ether oxygens (including phenoxy) is 1. The van der Waals surface area contributed by atoms with Gasteiger partial charge < -0.3 is 20.5 Å². The Bertz CT molecular complexity index is 546. The minimum atomic E-state index is -0.372. The first kappa shape index (κ1) is 21.0. The van der Waals surface area contributed by atoms with Gasteiger partial charge in [0.25, 0.3) is 0 Å². The Morgan fingerprint density at radius 1 is 1.12 bits per heavy atom. The van der Waals surface area contributed by atoms with Crippen molar-refractivity contribution < 1.29 is 14.6 Å². The highest BCUT2D eigenvalue weighted by Gasteiger charge is 2.24. The first-order valence-electron chi connectivity index (χ1n) is 9.66. The summed E-state index contributed by atoms with van der Waals surface area (Å²) in [4.78, 5) is 12.1. The molecule has 5 nitrogen and oxygen atoms in total. The lowest BCUT2D eigenvalue weighted by Gasteiger charge is -2.28. The summed E-state index contributed by atoms with van der Waals surface area (Å²) in [7, 11) is 0. The van der Waals surface area contributed by atoms with E-state index in [1.54, 1.807) is 0 Å². The highest BCUT2D eigenvalue weighted by molar-refractivity contribution is 5.90. The van der Waals surface area contributed by atoms with E-state index in [1.165, 1.54) is 12.8 Å². The molecule has 1 aliphatic heterocycles. The molecular weight excluding hydrogens is 352 g/mol. The zero-order valence-electron chi connectivity index (χ0n) is 15.3. The number of aliphatic hydroxyl groups excluding tert-OH is 1. The van der Waals surface area contributed by atoms with Crippen molar-refractivity contribution in [2.24, 2.45) is 5.92 Å². The number of amides is 1. The van der Waals surface area contributed by atoms with Crippen molar-refractivity contribution in [3.63, 3.8) is 0 Å². The molecular formula is C20H31ClN2O3. The Kier molecular flexibility index (Phi) is 8.69. The van der Waals surface area contributed by atoms with Crippen LogP contribution in [0.25, 0.3) is 0 Å². The monoisotopic (exact) mass is 382 g/mol. The predicted molar refractivity (Wildman–Crippen MR) is 106 cm³/mol. The van der Waals surface area contributed by atoms with Crippen molar-refractivity contribution in [1.29, 1.82) is 0 Å². The van der Waals surface area contributed by atoms with Gasteiger partial charge in [-0.25, -0.2) is 0 Å². The van der Waals surface area contributed by atoms with Crippen molar-refractivity contribution in [2.45, 2.75) is 63.6 Å². The first-order valence-corrected chi connectivity index (χ1v) is 9.66. The quantitative estimate of drug-likeness (QED) is 0.704. The summed E-state index contributed by atoms with van der Waals surface area (Å²) in [5.41, 5.74) is 0.798. The molecule has 1 saturated carbocycles.